The van der Waals surface area contributed by atoms with Crippen molar-refractivity contribution in [1.29, 1.82) is 0 Å². The molecule has 140 valence electrons. The normalized spacial score (nSPS) is 21.6. The Morgan fingerprint density at radius 3 is 2.16 bits per heavy atom. The van der Waals surface area contributed by atoms with Crippen molar-refractivity contribution < 1.29 is 35.3 Å². The zero-order chi connectivity index (χ0) is 18.7. The Labute approximate surface area is 144 Å². The minimum absolute atomic E-state index is 0.224. The van der Waals surface area contributed by atoms with Gasteiger partial charge in [-0.2, -0.15) is 21.6 Å². The molecule has 2 rings (SSSR count). The Bertz CT molecular complexity index is 689. The van der Waals surface area contributed by atoms with Crippen LogP contribution in [-0.4, -0.2) is 27.0 Å². The molecule has 0 aliphatic heterocycles. The van der Waals surface area contributed by atoms with E-state index in [9.17, 15) is 26.4 Å². The van der Waals surface area contributed by atoms with E-state index in [4.69, 9.17) is 0 Å². The summed E-state index contributed by atoms with van der Waals surface area (Å²) in [5.74, 6) is -0.0957. The number of ether oxygens (including phenoxy) is 1. The third kappa shape index (κ3) is 5.10. The molecule has 9 heteroatoms. The number of hydrogen-bond acceptors (Lipinski definition) is 5. The molecule has 1 aliphatic carbocycles. The summed E-state index contributed by atoms with van der Waals surface area (Å²) >= 11 is 0. The van der Waals surface area contributed by atoms with Crippen molar-refractivity contribution in [3.63, 3.8) is 0 Å². The lowest BCUT2D eigenvalue weighted by atomic mass is 9.77. The fourth-order valence-electron chi connectivity index (χ4n) is 2.99. The first-order valence-electron chi connectivity index (χ1n) is 7.80. The number of alkyl halides is 3. The van der Waals surface area contributed by atoms with Gasteiger partial charge >= 0.3 is 21.6 Å². The van der Waals surface area contributed by atoms with Crippen molar-refractivity contribution >= 4 is 16.1 Å². The first kappa shape index (κ1) is 19.6. The van der Waals surface area contributed by atoms with Gasteiger partial charge in [-0.05, 0) is 55.2 Å². The largest absolute Gasteiger partial charge is 0.534 e. The summed E-state index contributed by atoms with van der Waals surface area (Å²) in [5, 5.41) is 0. The number of hydrogen-bond donors (Lipinski definition) is 0. The predicted octanol–water partition coefficient (Wildman–Crippen LogP) is 3.75. The molecular weight excluding hydrogens is 361 g/mol. The predicted molar refractivity (Wildman–Crippen MR) is 83.4 cm³/mol. The number of methoxy groups -OCH3 is 1. The van der Waals surface area contributed by atoms with Crippen LogP contribution in [0.2, 0.25) is 0 Å². The summed E-state index contributed by atoms with van der Waals surface area (Å²) in [4.78, 5) is 11.3. The Balaban J connectivity index is 1.94. The van der Waals surface area contributed by atoms with Crippen molar-refractivity contribution in [2.24, 2.45) is 5.92 Å². The van der Waals surface area contributed by atoms with Crippen molar-refractivity contribution in [2.45, 2.75) is 43.5 Å². The number of rotatable bonds is 5. The van der Waals surface area contributed by atoms with E-state index in [1.54, 1.807) is 12.1 Å². The van der Waals surface area contributed by atoms with Gasteiger partial charge in [0.2, 0.25) is 0 Å². The number of benzene rings is 1. The zero-order valence-electron chi connectivity index (χ0n) is 13.6. The van der Waals surface area contributed by atoms with Gasteiger partial charge in [-0.25, -0.2) is 0 Å². The van der Waals surface area contributed by atoms with E-state index in [0.717, 1.165) is 31.2 Å². The van der Waals surface area contributed by atoms with Gasteiger partial charge in [-0.1, -0.05) is 12.1 Å². The molecule has 0 N–H and O–H groups in total. The molecule has 0 aromatic heterocycles. The quantitative estimate of drug-likeness (QED) is 0.442. The molecule has 1 saturated carbocycles. The minimum atomic E-state index is -5.65. The highest BCUT2D eigenvalue weighted by atomic mass is 32.2. The van der Waals surface area contributed by atoms with E-state index < -0.39 is 15.6 Å². The van der Waals surface area contributed by atoms with Crippen molar-refractivity contribution in [3.05, 3.63) is 29.8 Å². The molecular formula is C16H19F3O5S. The molecule has 1 aliphatic rings. The van der Waals surface area contributed by atoms with Crippen LogP contribution >= 0.6 is 0 Å². The maximum atomic E-state index is 12.3. The Morgan fingerprint density at radius 1 is 1.12 bits per heavy atom. The highest BCUT2D eigenvalue weighted by Gasteiger charge is 2.48. The summed E-state index contributed by atoms with van der Waals surface area (Å²) < 4.78 is 67.6. The third-order valence-corrected chi connectivity index (χ3v) is 5.35. The van der Waals surface area contributed by atoms with Crippen molar-refractivity contribution in [1.82, 2.24) is 0 Å². The van der Waals surface area contributed by atoms with Crippen LogP contribution < -0.4 is 4.18 Å². The molecule has 0 bridgehead atoms. The van der Waals surface area contributed by atoms with Crippen LogP contribution in [0.5, 0.6) is 5.75 Å². The number of carbonyl (C=O) groups excluding carboxylic acids is 1. The van der Waals surface area contributed by atoms with Crippen LogP contribution in [0.25, 0.3) is 0 Å². The molecule has 0 radical (unpaired) electrons. The average molecular weight is 380 g/mol. The lowest BCUT2D eigenvalue weighted by molar-refractivity contribution is -0.142. The van der Waals surface area contributed by atoms with Crippen molar-refractivity contribution in [3.8, 4) is 5.75 Å². The summed E-state index contributed by atoms with van der Waals surface area (Å²) in [6.45, 7) is 0. The molecule has 1 aromatic carbocycles. The molecule has 25 heavy (non-hydrogen) atoms. The first-order valence-corrected chi connectivity index (χ1v) is 9.20. The fraction of sp³-hybridized carbons (Fsp3) is 0.562. The Morgan fingerprint density at radius 2 is 1.68 bits per heavy atom. The summed E-state index contributed by atoms with van der Waals surface area (Å²) in [6.07, 6.45) is 3.82. The second-order valence-electron chi connectivity index (χ2n) is 6.05. The van der Waals surface area contributed by atoms with Crippen LogP contribution in [-0.2, 0) is 19.6 Å². The van der Waals surface area contributed by atoms with Crippen LogP contribution in [0.4, 0.5) is 13.2 Å². The van der Waals surface area contributed by atoms with E-state index >= 15 is 0 Å². The van der Waals surface area contributed by atoms with E-state index in [1.165, 1.54) is 19.2 Å². The van der Waals surface area contributed by atoms with Gasteiger partial charge in [0.25, 0.3) is 0 Å². The summed E-state index contributed by atoms with van der Waals surface area (Å²) in [5.41, 5.74) is -4.54. The standard InChI is InChI=1S/C16H19F3O5S/c1-23-15(20)10-11-2-4-12(5-3-11)13-6-8-14(9-7-13)24-25(21,22)16(17,18)19/h6-9,11-12H,2-5,10H2,1H3. The molecule has 0 spiro atoms. The lowest BCUT2D eigenvalue weighted by Crippen LogP contribution is -2.28. The molecule has 5 nitrogen and oxygen atoms in total. The van der Waals surface area contributed by atoms with Gasteiger partial charge < -0.3 is 8.92 Å². The van der Waals surface area contributed by atoms with Gasteiger partial charge in [0.1, 0.15) is 5.75 Å². The summed E-state index contributed by atoms with van der Waals surface area (Å²) in [7, 11) is -4.30. The van der Waals surface area contributed by atoms with Gasteiger partial charge in [-0.15, -0.1) is 0 Å². The van der Waals surface area contributed by atoms with E-state index in [0.29, 0.717) is 6.42 Å². The number of carbonyl (C=O) groups is 1. The van der Waals surface area contributed by atoms with E-state index in [-0.39, 0.29) is 23.6 Å². The maximum Gasteiger partial charge on any atom is 0.534 e. The average Bonchev–Trinajstić information content (AvgIpc) is 2.55. The molecule has 0 heterocycles. The number of esters is 1. The molecule has 1 aromatic rings. The minimum Gasteiger partial charge on any atom is -0.469 e. The topological polar surface area (TPSA) is 69.7 Å². The zero-order valence-corrected chi connectivity index (χ0v) is 14.4. The van der Waals surface area contributed by atoms with Gasteiger partial charge in [-0.3, -0.25) is 4.79 Å². The smallest absolute Gasteiger partial charge is 0.469 e. The molecule has 0 saturated heterocycles. The van der Waals surface area contributed by atoms with Crippen LogP contribution in [0.3, 0.4) is 0 Å². The third-order valence-electron chi connectivity index (χ3n) is 4.37. The summed E-state index contributed by atoms with van der Waals surface area (Å²) in [6, 6.07) is 5.59. The SMILES string of the molecule is COC(=O)CC1CCC(c2ccc(OS(=O)(=O)C(F)(F)F)cc2)CC1. The Hall–Kier alpha value is -1.77. The van der Waals surface area contributed by atoms with Gasteiger partial charge in [0, 0.05) is 6.42 Å². The lowest BCUT2D eigenvalue weighted by Gasteiger charge is -2.28. The highest BCUT2D eigenvalue weighted by Crippen LogP contribution is 2.38. The number of halogens is 3. The van der Waals surface area contributed by atoms with Crippen LogP contribution in [0.15, 0.2) is 24.3 Å². The van der Waals surface area contributed by atoms with Gasteiger partial charge in [0.15, 0.2) is 0 Å². The highest BCUT2D eigenvalue weighted by molar-refractivity contribution is 7.88. The van der Waals surface area contributed by atoms with Crippen LogP contribution in [0, 0.1) is 5.92 Å². The Kier molecular flexibility index (Phi) is 5.97. The molecule has 1 fully saturated rings. The molecule has 0 unspecified atom stereocenters. The second kappa shape index (κ2) is 7.63. The van der Waals surface area contributed by atoms with E-state index in [2.05, 4.69) is 8.92 Å². The van der Waals surface area contributed by atoms with Gasteiger partial charge in [0.05, 0.1) is 7.11 Å². The monoisotopic (exact) mass is 380 g/mol. The fourth-order valence-corrected chi connectivity index (χ4v) is 3.45. The van der Waals surface area contributed by atoms with Crippen molar-refractivity contribution in [2.75, 3.05) is 7.11 Å². The van der Waals surface area contributed by atoms with E-state index in [1.807, 2.05) is 0 Å². The van der Waals surface area contributed by atoms with Crippen LogP contribution in [0.1, 0.15) is 43.6 Å². The maximum absolute atomic E-state index is 12.3. The molecule has 0 atom stereocenters. The first-order chi connectivity index (χ1) is 11.6. The molecule has 0 amide bonds. The second-order valence-corrected chi connectivity index (χ2v) is 7.59.